The van der Waals surface area contributed by atoms with Gasteiger partial charge < -0.3 is 10.6 Å². The van der Waals surface area contributed by atoms with E-state index < -0.39 is 10.0 Å². The van der Waals surface area contributed by atoms with E-state index in [1.165, 1.54) is 10.6 Å². The second kappa shape index (κ2) is 7.31. The summed E-state index contributed by atoms with van der Waals surface area (Å²) in [6.07, 6.45) is 2.74. The van der Waals surface area contributed by atoms with Gasteiger partial charge >= 0.3 is 6.03 Å². The number of hydrogen-bond acceptors (Lipinski definition) is 3. The van der Waals surface area contributed by atoms with E-state index >= 15 is 0 Å². The molecule has 2 N–H and O–H groups in total. The summed E-state index contributed by atoms with van der Waals surface area (Å²) in [6, 6.07) is 7.24. The molecular weight excluding hydrogens is 314 g/mol. The maximum atomic E-state index is 12.2. The number of hydrogen-bond donors (Lipinski definition) is 2. The summed E-state index contributed by atoms with van der Waals surface area (Å²) in [4.78, 5) is 12.2. The summed E-state index contributed by atoms with van der Waals surface area (Å²) < 4.78 is 24.7. The molecule has 1 aromatic rings. The molecule has 0 spiro atoms. The van der Waals surface area contributed by atoms with E-state index in [0.29, 0.717) is 19.0 Å². The maximum absolute atomic E-state index is 12.2. The minimum Gasteiger partial charge on any atom is -0.334 e. The molecule has 1 aromatic carbocycles. The van der Waals surface area contributed by atoms with Crippen LogP contribution < -0.4 is 10.6 Å². The lowest BCUT2D eigenvalue weighted by molar-refractivity contribution is 0.236. The molecule has 0 aromatic heterocycles. The average molecular weight is 339 g/mol. The lowest BCUT2D eigenvalue weighted by Gasteiger charge is -2.31. The molecule has 1 aliphatic heterocycles. The van der Waals surface area contributed by atoms with E-state index in [2.05, 4.69) is 24.5 Å². The highest BCUT2D eigenvalue weighted by Crippen LogP contribution is 2.23. The zero-order valence-corrected chi connectivity index (χ0v) is 14.7. The van der Waals surface area contributed by atoms with E-state index in [0.717, 1.165) is 24.1 Å². The van der Waals surface area contributed by atoms with Crippen molar-refractivity contribution < 1.29 is 13.2 Å². The second-order valence-corrected chi connectivity index (χ2v) is 8.28. The fraction of sp³-hybridized carbons (Fsp3) is 0.562. The van der Waals surface area contributed by atoms with E-state index in [1.54, 1.807) is 0 Å². The largest absolute Gasteiger partial charge is 0.334 e. The predicted octanol–water partition coefficient (Wildman–Crippen LogP) is 2.36. The van der Waals surface area contributed by atoms with Gasteiger partial charge in [-0.15, -0.1) is 0 Å². The Labute approximate surface area is 138 Å². The van der Waals surface area contributed by atoms with Gasteiger partial charge in [0.25, 0.3) is 0 Å². The van der Waals surface area contributed by atoms with Crippen LogP contribution >= 0.6 is 0 Å². The van der Waals surface area contributed by atoms with E-state index in [4.69, 9.17) is 0 Å². The molecule has 23 heavy (non-hydrogen) atoms. The molecule has 0 saturated carbocycles. The molecule has 1 saturated heterocycles. The van der Waals surface area contributed by atoms with Crippen LogP contribution in [-0.4, -0.2) is 44.1 Å². The highest BCUT2D eigenvalue weighted by Gasteiger charge is 2.26. The van der Waals surface area contributed by atoms with Gasteiger partial charge in [-0.1, -0.05) is 32.0 Å². The van der Waals surface area contributed by atoms with Crippen LogP contribution in [0.25, 0.3) is 0 Å². The standard InChI is InChI=1S/C16H25N3O3S/c1-12(2)14-8-4-5-9-15(14)18-16(20)17-13-7-6-10-19(11-13)23(3,21)22/h4-5,8-9,12-13H,6-7,10-11H2,1-3H3,(H2,17,18,20)/t13-/m1/s1. The molecule has 0 unspecified atom stereocenters. The van der Waals surface area contributed by atoms with Crippen molar-refractivity contribution in [3.8, 4) is 0 Å². The molecule has 2 rings (SSSR count). The number of rotatable bonds is 4. The van der Waals surface area contributed by atoms with Crippen LogP contribution in [0.15, 0.2) is 24.3 Å². The number of nitrogens with zero attached hydrogens (tertiary/aromatic N) is 1. The first-order valence-corrected chi connectivity index (χ1v) is 9.73. The lowest BCUT2D eigenvalue weighted by Crippen LogP contribution is -2.50. The molecule has 1 fully saturated rings. The first kappa shape index (κ1) is 17.7. The third-order valence-corrected chi connectivity index (χ3v) is 5.29. The summed E-state index contributed by atoms with van der Waals surface area (Å²) in [5.41, 5.74) is 1.86. The highest BCUT2D eigenvalue weighted by molar-refractivity contribution is 7.88. The van der Waals surface area contributed by atoms with Crippen molar-refractivity contribution in [2.75, 3.05) is 24.7 Å². The van der Waals surface area contributed by atoms with Crippen molar-refractivity contribution >= 4 is 21.7 Å². The first-order chi connectivity index (χ1) is 10.8. The molecule has 0 bridgehead atoms. The SMILES string of the molecule is CC(C)c1ccccc1NC(=O)N[C@@H]1CCCN(S(C)(=O)=O)C1. The number of anilines is 1. The fourth-order valence-corrected chi connectivity index (χ4v) is 3.73. The van der Waals surface area contributed by atoms with Gasteiger partial charge in [-0.3, -0.25) is 0 Å². The Hall–Kier alpha value is -1.60. The molecule has 6 nitrogen and oxygen atoms in total. The number of urea groups is 1. The van der Waals surface area contributed by atoms with Gasteiger partial charge in [-0.05, 0) is 30.4 Å². The van der Waals surface area contributed by atoms with E-state index in [9.17, 15) is 13.2 Å². The Balaban J connectivity index is 1.98. The minimum atomic E-state index is -3.21. The lowest BCUT2D eigenvalue weighted by atomic mass is 10.0. The topological polar surface area (TPSA) is 78.5 Å². The van der Waals surface area contributed by atoms with Gasteiger partial charge in [-0.25, -0.2) is 17.5 Å². The van der Waals surface area contributed by atoms with Crippen molar-refractivity contribution in [1.82, 2.24) is 9.62 Å². The van der Waals surface area contributed by atoms with Crippen LogP contribution in [0, 0.1) is 0 Å². The highest BCUT2D eigenvalue weighted by atomic mass is 32.2. The van der Waals surface area contributed by atoms with Crippen molar-refractivity contribution in [2.45, 2.75) is 38.6 Å². The number of benzene rings is 1. The Morgan fingerprint density at radius 2 is 2.00 bits per heavy atom. The van der Waals surface area contributed by atoms with Gasteiger partial charge in [-0.2, -0.15) is 0 Å². The molecule has 0 radical (unpaired) electrons. The van der Waals surface area contributed by atoms with Gasteiger partial charge in [0.05, 0.1) is 6.26 Å². The Morgan fingerprint density at radius 3 is 2.65 bits per heavy atom. The number of carbonyl (C=O) groups is 1. The Kier molecular flexibility index (Phi) is 5.64. The monoisotopic (exact) mass is 339 g/mol. The molecule has 2 amide bonds. The fourth-order valence-electron chi connectivity index (χ4n) is 2.82. The van der Waals surface area contributed by atoms with Crippen LogP contribution in [-0.2, 0) is 10.0 Å². The number of nitrogens with one attached hydrogen (secondary N) is 2. The van der Waals surface area contributed by atoms with E-state index in [1.807, 2.05) is 24.3 Å². The van der Waals surface area contributed by atoms with Crippen molar-refractivity contribution in [3.05, 3.63) is 29.8 Å². The average Bonchev–Trinajstić information content (AvgIpc) is 2.46. The molecule has 1 aliphatic rings. The number of sulfonamides is 1. The smallest absolute Gasteiger partial charge is 0.319 e. The van der Waals surface area contributed by atoms with Crippen LogP contribution in [0.3, 0.4) is 0 Å². The normalized spacial score (nSPS) is 19.6. The van der Waals surface area contributed by atoms with Crippen molar-refractivity contribution in [2.24, 2.45) is 0 Å². The summed E-state index contributed by atoms with van der Waals surface area (Å²) in [5, 5.41) is 5.75. The van der Waals surface area contributed by atoms with Gasteiger partial charge in [0.1, 0.15) is 0 Å². The molecule has 1 heterocycles. The van der Waals surface area contributed by atoms with Gasteiger partial charge in [0.15, 0.2) is 0 Å². The number of amides is 2. The van der Waals surface area contributed by atoms with Gasteiger partial charge in [0.2, 0.25) is 10.0 Å². The van der Waals surface area contributed by atoms with E-state index in [-0.39, 0.29) is 12.1 Å². The molecule has 7 heteroatoms. The summed E-state index contributed by atoms with van der Waals surface area (Å²) in [5.74, 6) is 0.307. The van der Waals surface area contributed by atoms with Crippen molar-refractivity contribution in [3.63, 3.8) is 0 Å². The molecule has 1 atom stereocenters. The van der Waals surface area contributed by atoms with Crippen LogP contribution in [0.4, 0.5) is 10.5 Å². The van der Waals surface area contributed by atoms with Crippen LogP contribution in [0.5, 0.6) is 0 Å². The minimum absolute atomic E-state index is 0.162. The maximum Gasteiger partial charge on any atom is 0.319 e. The molecule has 0 aliphatic carbocycles. The third kappa shape index (κ3) is 4.94. The Bertz CT molecular complexity index is 658. The number of piperidine rings is 1. The number of carbonyl (C=O) groups excluding carboxylic acids is 1. The summed E-state index contributed by atoms with van der Waals surface area (Å²) >= 11 is 0. The van der Waals surface area contributed by atoms with Gasteiger partial charge in [0, 0.05) is 24.8 Å². The van der Waals surface area contributed by atoms with Crippen LogP contribution in [0.1, 0.15) is 38.2 Å². The predicted molar refractivity (Wildman–Crippen MR) is 92.1 cm³/mol. The van der Waals surface area contributed by atoms with Crippen molar-refractivity contribution in [1.29, 1.82) is 0 Å². The van der Waals surface area contributed by atoms with Crippen LogP contribution in [0.2, 0.25) is 0 Å². The number of para-hydroxylation sites is 1. The molecular formula is C16H25N3O3S. The first-order valence-electron chi connectivity index (χ1n) is 7.89. The summed E-state index contributed by atoms with van der Waals surface area (Å²) in [6.45, 7) is 5.00. The Morgan fingerprint density at radius 1 is 1.30 bits per heavy atom. The zero-order chi connectivity index (χ0) is 17.0. The quantitative estimate of drug-likeness (QED) is 0.884. The zero-order valence-electron chi connectivity index (χ0n) is 13.9. The molecule has 128 valence electrons. The third-order valence-electron chi connectivity index (χ3n) is 4.02. The summed E-state index contributed by atoms with van der Waals surface area (Å²) in [7, 11) is -3.21. The second-order valence-electron chi connectivity index (χ2n) is 6.30.